The van der Waals surface area contributed by atoms with Gasteiger partial charge in [-0.3, -0.25) is 0 Å². The summed E-state index contributed by atoms with van der Waals surface area (Å²) in [5.41, 5.74) is 3.56. The van der Waals surface area contributed by atoms with E-state index in [1.807, 2.05) is 19.3 Å². The molecule has 1 aromatic heterocycles. The summed E-state index contributed by atoms with van der Waals surface area (Å²) < 4.78 is 0. The largest absolute Gasteiger partial charge is 0.314 e. The number of nitrogens with one attached hydrogen (secondary N) is 1. The van der Waals surface area contributed by atoms with Crippen LogP contribution in [0.4, 0.5) is 0 Å². The SMILES string of the molecule is CNCc1ccnc(Cc2ccc(C)cc2)n1. The highest BCUT2D eigenvalue weighted by atomic mass is 14.9. The minimum absolute atomic E-state index is 0.781. The number of nitrogens with zero attached hydrogens (tertiary/aromatic N) is 2. The molecule has 0 bridgehead atoms. The molecule has 3 nitrogen and oxygen atoms in total. The third kappa shape index (κ3) is 3.36. The molecule has 0 amide bonds. The Bertz CT molecular complexity index is 477. The molecule has 88 valence electrons. The zero-order valence-electron chi connectivity index (χ0n) is 10.3. The van der Waals surface area contributed by atoms with E-state index in [2.05, 4.69) is 46.5 Å². The lowest BCUT2D eigenvalue weighted by Gasteiger charge is -2.04. The lowest BCUT2D eigenvalue weighted by atomic mass is 10.1. The molecule has 0 aliphatic carbocycles. The van der Waals surface area contributed by atoms with Crippen LogP contribution < -0.4 is 5.32 Å². The zero-order valence-corrected chi connectivity index (χ0v) is 10.3. The molecule has 0 saturated heterocycles. The molecule has 1 N–H and O–H groups in total. The van der Waals surface area contributed by atoms with Crippen LogP contribution in [0, 0.1) is 6.92 Å². The maximum Gasteiger partial charge on any atom is 0.132 e. The highest BCUT2D eigenvalue weighted by molar-refractivity contribution is 5.24. The Hall–Kier alpha value is -1.74. The van der Waals surface area contributed by atoms with Crippen LogP contribution in [0.1, 0.15) is 22.6 Å². The van der Waals surface area contributed by atoms with E-state index in [4.69, 9.17) is 0 Å². The molecule has 2 rings (SSSR count). The molecule has 0 aliphatic rings. The predicted octanol–water partition coefficient (Wildman–Crippen LogP) is 2.10. The van der Waals surface area contributed by atoms with Crippen molar-refractivity contribution < 1.29 is 0 Å². The summed E-state index contributed by atoms with van der Waals surface area (Å²) in [6.45, 7) is 2.87. The molecule has 1 heterocycles. The lowest BCUT2D eigenvalue weighted by molar-refractivity contribution is 0.772. The van der Waals surface area contributed by atoms with E-state index in [1.54, 1.807) is 0 Å². The van der Waals surface area contributed by atoms with E-state index < -0.39 is 0 Å². The smallest absolute Gasteiger partial charge is 0.132 e. The van der Waals surface area contributed by atoms with Crippen LogP contribution in [0.2, 0.25) is 0 Å². The number of benzene rings is 1. The van der Waals surface area contributed by atoms with Crippen molar-refractivity contribution >= 4 is 0 Å². The fourth-order valence-corrected chi connectivity index (χ4v) is 1.69. The number of aryl methyl sites for hydroxylation is 1. The first-order chi connectivity index (χ1) is 8.28. The van der Waals surface area contributed by atoms with Crippen molar-refractivity contribution in [2.24, 2.45) is 0 Å². The maximum atomic E-state index is 4.51. The molecule has 0 unspecified atom stereocenters. The average molecular weight is 227 g/mol. The summed E-state index contributed by atoms with van der Waals surface area (Å²) in [4.78, 5) is 8.81. The molecule has 0 atom stereocenters. The Morgan fingerprint density at radius 1 is 1.12 bits per heavy atom. The lowest BCUT2D eigenvalue weighted by Crippen LogP contribution is -2.09. The van der Waals surface area contributed by atoms with Crippen LogP contribution >= 0.6 is 0 Å². The second-order valence-corrected chi connectivity index (χ2v) is 4.16. The van der Waals surface area contributed by atoms with Gasteiger partial charge in [-0.2, -0.15) is 0 Å². The quantitative estimate of drug-likeness (QED) is 0.869. The Morgan fingerprint density at radius 3 is 2.59 bits per heavy atom. The van der Waals surface area contributed by atoms with Gasteiger partial charge >= 0.3 is 0 Å². The van der Waals surface area contributed by atoms with Gasteiger partial charge in [0.05, 0.1) is 5.69 Å². The van der Waals surface area contributed by atoms with Gasteiger partial charge in [0.25, 0.3) is 0 Å². The van der Waals surface area contributed by atoms with Gasteiger partial charge in [0.2, 0.25) is 0 Å². The maximum absolute atomic E-state index is 4.51. The van der Waals surface area contributed by atoms with Gasteiger partial charge in [-0.15, -0.1) is 0 Å². The van der Waals surface area contributed by atoms with Gasteiger partial charge in [0.1, 0.15) is 5.82 Å². The second kappa shape index (κ2) is 5.55. The molecular formula is C14H17N3. The standard InChI is InChI=1S/C14H17N3/c1-11-3-5-12(6-4-11)9-14-16-8-7-13(17-14)10-15-2/h3-8,15H,9-10H2,1-2H3. The topological polar surface area (TPSA) is 37.8 Å². The molecular weight excluding hydrogens is 210 g/mol. The first-order valence-electron chi connectivity index (χ1n) is 5.79. The first-order valence-corrected chi connectivity index (χ1v) is 5.79. The summed E-state index contributed by atoms with van der Waals surface area (Å²) in [6, 6.07) is 10.4. The summed E-state index contributed by atoms with van der Waals surface area (Å²) in [6.07, 6.45) is 2.61. The van der Waals surface area contributed by atoms with Crippen LogP contribution in [0.25, 0.3) is 0 Å². The van der Waals surface area contributed by atoms with E-state index in [9.17, 15) is 0 Å². The summed E-state index contributed by atoms with van der Waals surface area (Å²) in [5.74, 6) is 0.876. The van der Waals surface area contributed by atoms with Gasteiger partial charge in [-0.25, -0.2) is 9.97 Å². The van der Waals surface area contributed by atoms with E-state index in [1.165, 1.54) is 11.1 Å². The minimum atomic E-state index is 0.781. The van der Waals surface area contributed by atoms with E-state index in [0.717, 1.165) is 24.5 Å². The summed E-state index contributed by atoms with van der Waals surface area (Å²) in [7, 11) is 1.92. The number of aromatic nitrogens is 2. The van der Waals surface area contributed by atoms with Crippen LogP contribution in [0.3, 0.4) is 0 Å². The summed E-state index contributed by atoms with van der Waals surface area (Å²) >= 11 is 0. The fraction of sp³-hybridized carbons (Fsp3) is 0.286. The van der Waals surface area contributed by atoms with Crippen molar-refractivity contribution in [1.29, 1.82) is 0 Å². The number of hydrogen-bond acceptors (Lipinski definition) is 3. The molecule has 1 aromatic carbocycles. The monoisotopic (exact) mass is 227 g/mol. The highest BCUT2D eigenvalue weighted by Gasteiger charge is 2.00. The molecule has 0 saturated carbocycles. The van der Waals surface area contributed by atoms with Gasteiger partial charge in [-0.05, 0) is 25.6 Å². The average Bonchev–Trinajstić information content (AvgIpc) is 2.33. The van der Waals surface area contributed by atoms with Crippen molar-refractivity contribution in [2.75, 3.05) is 7.05 Å². The molecule has 0 spiro atoms. The van der Waals surface area contributed by atoms with Gasteiger partial charge in [0.15, 0.2) is 0 Å². The Labute approximate surface area is 102 Å². The van der Waals surface area contributed by atoms with Crippen molar-refractivity contribution in [1.82, 2.24) is 15.3 Å². The molecule has 0 fully saturated rings. The minimum Gasteiger partial charge on any atom is -0.314 e. The van der Waals surface area contributed by atoms with Crippen LogP contribution in [0.5, 0.6) is 0 Å². The predicted molar refractivity (Wildman–Crippen MR) is 68.8 cm³/mol. The van der Waals surface area contributed by atoms with E-state index in [-0.39, 0.29) is 0 Å². The van der Waals surface area contributed by atoms with Gasteiger partial charge in [-0.1, -0.05) is 29.8 Å². The van der Waals surface area contributed by atoms with Crippen LogP contribution in [-0.4, -0.2) is 17.0 Å². The third-order valence-corrected chi connectivity index (χ3v) is 2.60. The molecule has 2 aromatic rings. The molecule has 17 heavy (non-hydrogen) atoms. The van der Waals surface area contributed by atoms with Gasteiger partial charge < -0.3 is 5.32 Å². The van der Waals surface area contributed by atoms with Gasteiger partial charge in [0, 0.05) is 19.2 Å². The second-order valence-electron chi connectivity index (χ2n) is 4.16. The van der Waals surface area contributed by atoms with Crippen molar-refractivity contribution in [3.05, 3.63) is 59.2 Å². The fourth-order valence-electron chi connectivity index (χ4n) is 1.69. The van der Waals surface area contributed by atoms with Crippen molar-refractivity contribution in [2.45, 2.75) is 19.9 Å². The van der Waals surface area contributed by atoms with Crippen molar-refractivity contribution in [3.63, 3.8) is 0 Å². The Kier molecular flexibility index (Phi) is 3.83. The number of rotatable bonds is 4. The number of hydrogen-bond donors (Lipinski definition) is 1. The van der Waals surface area contributed by atoms with Crippen molar-refractivity contribution in [3.8, 4) is 0 Å². The Balaban J connectivity index is 2.12. The van der Waals surface area contributed by atoms with E-state index in [0.29, 0.717) is 0 Å². The highest BCUT2D eigenvalue weighted by Crippen LogP contribution is 2.07. The van der Waals surface area contributed by atoms with Crippen LogP contribution in [-0.2, 0) is 13.0 Å². The van der Waals surface area contributed by atoms with Crippen LogP contribution in [0.15, 0.2) is 36.5 Å². The zero-order chi connectivity index (χ0) is 12.1. The molecule has 0 aliphatic heterocycles. The normalized spacial score (nSPS) is 10.5. The Morgan fingerprint density at radius 2 is 1.88 bits per heavy atom. The van der Waals surface area contributed by atoms with E-state index >= 15 is 0 Å². The summed E-state index contributed by atoms with van der Waals surface area (Å²) in [5, 5.41) is 3.09. The molecule has 0 radical (unpaired) electrons. The first kappa shape index (κ1) is 11.7. The third-order valence-electron chi connectivity index (χ3n) is 2.60. The molecule has 3 heteroatoms.